The summed E-state index contributed by atoms with van der Waals surface area (Å²) in [5, 5.41) is 5.39. The van der Waals surface area contributed by atoms with Crippen LogP contribution in [0.3, 0.4) is 0 Å². The van der Waals surface area contributed by atoms with Crippen molar-refractivity contribution in [2.24, 2.45) is 4.99 Å². The highest BCUT2D eigenvalue weighted by Gasteiger charge is 2.16. The molecule has 0 unspecified atom stereocenters. The standard InChI is InChI=1S/C19H18ClN3/c20-16-7-3-1-6-15(16)19-14(9-10-18-21-11-12-22-18)13-5-2-4-8-17(13)23-19/h1-8,23H,9-12H2,(H,21,22). The molecule has 23 heavy (non-hydrogen) atoms. The van der Waals surface area contributed by atoms with Gasteiger partial charge in [0, 0.05) is 34.5 Å². The number of hydrogen-bond donors (Lipinski definition) is 2. The molecule has 1 aliphatic rings. The maximum absolute atomic E-state index is 6.43. The predicted molar refractivity (Wildman–Crippen MR) is 97.4 cm³/mol. The number of aryl methyl sites for hydroxylation is 1. The monoisotopic (exact) mass is 323 g/mol. The van der Waals surface area contributed by atoms with Crippen molar-refractivity contribution in [2.75, 3.05) is 13.1 Å². The number of fused-ring (bicyclic) bond motifs is 1. The molecule has 2 aromatic carbocycles. The molecule has 4 heteroatoms. The molecule has 0 fully saturated rings. The topological polar surface area (TPSA) is 40.2 Å². The number of nitrogens with zero attached hydrogens (tertiary/aromatic N) is 1. The van der Waals surface area contributed by atoms with Gasteiger partial charge in [0.2, 0.25) is 0 Å². The molecule has 3 nitrogen and oxygen atoms in total. The van der Waals surface area contributed by atoms with E-state index in [-0.39, 0.29) is 0 Å². The minimum Gasteiger partial charge on any atom is -0.372 e. The van der Waals surface area contributed by atoms with Crippen molar-refractivity contribution in [3.63, 3.8) is 0 Å². The van der Waals surface area contributed by atoms with Gasteiger partial charge in [0.25, 0.3) is 0 Å². The molecule has 1 aliphatic heterocycles. The predicted octanol–water partition coefficient (Wildman–Crippen LogP) is 4.42. The Morgan fingerprint density at radius 1 is 1.00 bits per heavy atom. The zero-order valence-electron chi connectivity index (χ0n) is 12.8. The number of aliphatic imine (C=N–C) groups is 1. The molecule has 1 aromatic heterocycles. The number of para-hydroxylation sites is 1. The lowest BCUT2D eigenvalue weighted by Crippen LogP contribution is -2.18. The molecular formula is C19H18ClN3. The van der Waals surface area contributed by atoms with E-state index in [0.717, 1.165) is 53.6 Å². The van der Waals surface area contributed by atoms with Crippen molar-refractivity contribution in [3.8, 4) is 11.3 Å². The summed E-state index contributed by atoms with van der Waals surface area (Å²) in [6.45, 7) is 1.85. The van der Waals surface area contributed by atoms with Gasteiger partial charge in [-0.2, -0.15) is 0 Å². The van der Waals surface area contributed by atoms with E-state index >= 15 is 0 Å². The van der Waals surface area contributed by atoms with Crippen LogP contribution in [0.5, 0.6) is 0 Å². The van der Waals surface area contributed by atoms with Crippen molar-refractivity contribution in [1.82, 2.24) is 10.3 Å². The van der Waals surface area contributed by atoms with Gasteiger partial charge in [0.15, 0.2) is 0 Å². The summed E-state index contributed by atoms with van der Waals surface area (Å²) in [4.78, 5) is 8.06. The summed E-state index contributed by atoms with van der Waals surface area (Å²) in [7, 11) is 0. The molecule has 0 saturated heterocycles. The SMILES string of the molecule is Clc1ccccc1-c1[nH]c2ccccc2c1CCC1=NCCN1. The van der Waals surface area contributed by atoms with Crippen LogP contribution in [0.1, 0.15) is 12.0 Å². The van der Waals surface area contributed by atoms with Crippen LogP contribution in [0.2, 0.25) is 5.02 Å². The van der Waals surface area contributed by atoms with Crippen molar-refractivity contribution in [1.29, 1.82) is 0 Å². The Balaban J connectivity index is 1.79. The number of aromatic nitrogens is 1. The Morgan fingerprint density at radius 2 is 1.83 bits per heavy atom. The average molecular weight is 324 g/mol. The van der Waals surface area contributed by atoms with E-state index in [1.807, 2.05) is 18.2 Å². The molecule has 0 radical (unpaired) electrons. The molecule has 0 amide bonds. The number of amidine groups is 1. The molecule has 0 saturated carbocycles. The second-order valence-electron chi connectivity index (χ2n) is 5.76. The lowest BCUT2D eigenvalue weighted by atomic mass is 10.0. The van der Waals surface area contributed by atoms with Gasteiger partial charge in [-0.05, 0) is 24.1 Å². The van der Waals surface area contributed by atoms with Gasteiger partial charge >= 0.3 is 0 Å². The molecule has 2 N–H and O–H groups in total. The number of aromatic amines is 1. The third-order valence-electron chi connectivity index (χ3n) is 4.31. The summed E-state index contributed by atoms with van der Waals surface area (Å²) in [6, 6.07) is 16.4. The van der Waals surface area contributed by atoms with Gasteiger partial charge in [-0.15, -0.1) is 0 Å². The Labute approximate surface area is 140 Å². The summed E-state index contributed by atoms with van der Waals surface area (Å²) in [5.41, 5.74) is 4.64. The van der Waals surface area contributed by atoms with Crippen LogP contribution >= 0.6 is 11.6 Å². The average Bonchev–Trinajstić information content (AvgIpc) is 3.21. The zero-order valence-corrected chi connectivity index (χ0v) is 13.5. The fraction of sp³-hybridized carbons (Fsp3) is 0.211. The number of hydrogen-bond acceptors (Lipinski definition) is 2. The Hall–Kier alpha value is -2.26. The van der Waals surface area contributed by atoms with Crippen LogP contribution in [0.4, 0.5) is 0 Å². The Morgan fingerprint density at radius 3 is 2.65 bits per heavy atom. The van der Waals surface area contributed by atoms with Gasteiger partial charge in [0.1, 0.15) is 0 Å². The third-order valence-corrected chi connectivity index (χ3v) is 4.64. The highest BCUT2D eigenvalue weighted by Crippen LogP contribution is 2.35. The van der Waals surface area contributed by atoms with Crippen LogP contribution in [0.15, 0.2) is 53.5 Å². The smallest absolute Gasteiger partial charge is 0.0967 e. The molecule has 0 atom stereocenters. The van der Waals surface area contributed by atoms with Crippen molar-refractivity contribution in [3.05, 3.63) is 59.1 Å². The van der Waals surface area contributed by atoms with Crippen LogP contribution in [-0.4, -0.2) is 23.9 Å². The van der Waals surface area contributed by atoms with Crippen molar-refractivity contribution < 1.29 is 0 Å². The number of H-pyrrole nitrogens is 1. The summed E-state index contributed by atoms with van der Waals surface area (Å²) < 4.78 is 0. The lowest BCUT2D eigenvalue weighted by molar-refractivity contribution is 0.936. The molecule has 0 spiro atoms. The molecule has 4 rings (SSSR count). The van der Waals surface area contributed by atoms with Crippen LogP contribution < -0.4 is 5.32 Å². The quantitative estimate of drug-likeness (QED) is 0.733. The fourth-order valence-electron chi connectivity index (χ4n) is 3.21. The van der Waals surface area contributed by atoms with Crippen molar-refractivity contribution >= 4 is 28.3 Å². The van der Waals surface area contributed by atoms with Gasteiger partial charge in [0.05, 0.1) is 18.1 Å². The first-order chi connectivity index (χ1) is 11.3. The highest BCUT2D eigenvalue weighted by molar-refractivity contribution is 6.33. The fourth-order valence-corrected chi connectivity index (χ4v) is 3.44. The summed E-state index contributed by atoms with van der Waals surface area (Å²) >= 11 is 6.43. The number of nitrogens with one attached hydrogen (secondary N) is 2. The highest BCUT2D eigenvalue weighted by atomic mass is 35.5. The van der Waals surface area contributed by atoms with Gasteiger partial charge in [-0.25, -0.2) is 0 Å². The van der Waals surface area contributed by atoms with Crippen LogP contribution in [0, 0.1) is 0 Å². The van der Waals surface area contributed by atoms with E-state index in [0.29, 0.717) is 0 Å². The Kier molecular flexibility index (Phi) is 3.80. The molecular weight excluding hydrogens is 306 g/mol. The molecule has 3 aromatic rings. The van der Waals surface area contributed by atoms with Crippen LogP contribution in [-0.2, 0) is 6.42 Å². The summed E-state index contributed by atoms with van der Waals surface area (Å²) in [5.74, 6) is 1.11. The van der Waals surface area contributed by atoms with Gasteiger partial charge < -0.3 is 10.3 Å². The first-order valence-electron chi connectivity index (χ1n) is 7.94. The normalized spacial score (nSPS) is 14.0. The molecule has 116 valence electrons. The summed E-state index contributed by atoms with van der Waals surface area (Å²) in [6.07, 6.45) is 1.87. The van der Waals surface area contributed by atoms with Gasteiger partial charge in [-0.1, -0.05) is 48.0 Å². The largest absolute Gasteiger partial charge is 0.372 e. The first-order valence-corrected chi connectivity index (χ1v) is 8.32. The zero-order chi connectivity index (χ0) is 15.6. The molecule has 0 aliphatic carbocycles. The van der Waals surface area contributed by atoms with Gasteiger partial charge in [-0.3, -0.25) is 4.99 Å². The minimum atomic E-state index is 0.775. The molecule has 0 bridgehead atoms. The number of rotatable bonds is 4. The molecule has 2 heterocycles. The first kappa shape index (κ1) is 14.3. The van der Waals surface area contributed by atoms with E-state index in [1.54, 1.807) is 0 Å². The van der Waals surface area contributed by atoms with E-state index in [2.05, 4.69) is 45.6 Å². The maximum atomic E-state index is 6.43. The second-order valence-corrected chi connectivity index (χ2v) is 6.17. The van der Waals surface area contributed by atoms with E-state index in [4.69, 9.17) is 11.6 Å². The van der Waals surface area contributed by atoms with E-state index in [1.165, 1.54) is 10.9 Å². The van der Waals surface area contributed by atoms with Crippen molar-refractivity contribution in [2.45, 2.75) is 12.8 Å². The van der Waals surface area contributed by atoms with E-state index in [9.17, 15) is 0 Å². The maximum Gasteiger partial charge on any atom is 0.0967 e. The lowest BCUT2D eigenvalue weighted by Gasteiger charge is -2.07. The number of halogens is 1. The second kappa shape index (κ2) is 6.09. The third kappa shape index (κ3) is 2.73. The number of benzene rings is 2. The van der Waals surface area contributed by atoms with Crippen LogP contribution in [0.25, 0.3) is 22.2 Å². The minimum absolute atomic E-state index is 0.775. The Bertz CT molecular complexity index is 879. The van der Waals surface area contributed by atoms with E-state index < -0.39 is 0 Å².